The molecule has 2 heterocycles. The highest BCUT2D eigenvalue weighted by molar-refractivity contribution is 7.99. The fourth-order valence-electron chi connectivity index (χ4n) is 2.95. The lowest BCUT2D eigenvalue weighted by Crippen LogP contribution is -2.37. The van der Waals surface area contributed by atoms with Crippen molar-refractivity contribution in [2.75, 3.05) is 12.3 Å². The van der Waals surface area contributed by atoms with E-state index in [0.717, 1.165) is 23.7 Å². The molecule has 1 N–H and O–H groups in total. The summed E-state index contributed by atoms with van der Waals surface area (Å²) in [5.41, 5.74) is 2.64. The molecule has 2 atom stereocenters. The molecule has 0 saturated carbocycles. The fourth-order valence-corrected chi connectivity index (χ4v) is 4.47. The summed E-state index contributed by atoms with van der Waals surface area (Å²) in [6, 6.07) is 11.2. The van der Waals surface area contributed by atoms with Crippen molar-refractivity contribution in [3.63, 3.8) is 0 Å². The summed E-state index contributed by atoms with van der Waals surface area (Å²) in [4.78, 5) is 5.50. The van der Waals surface area contributed by atoms with E-state index in [4.69, 9.17) is 11.6 Å². The zero-order valence-corrected chi connectivity index (χ0v) is 13.6. The van der Waals surface area contributed by atoms with Gasteiger partial charge in [-0.15, -0.1) is 11.8 Å². The van der Waals surface area contributed by atoms with Gasteiger partial charge < -0.3 is 5.32 Å². The number of rotatable bonds is 5. The number of likely N-dealkylation sites (N-methyl/N-ethyl adjacent to an activating group) is 1. The number of fused-ring (bicyclic) bond motifs is 1. The topological polar surface area (TPSA) is 24.9 Å². The first-order chi connectivity index (χ1) is 10.3. The molecule has 0 bridgehead atoms. The van der Waals surface area contributed by atoms with Gasteiger partial charge >= 0.3 is 0 Å². The maximum atomic E-state index is 6.28. The van der Waals surface area contributed by atoms with Crippen LogP contribution in [0.3, 0.4) is 0 Å². The number of nitrogens with one attached hydrogen (secondary N) is 1. The van der Waals surface area contributed by atoms with Crippen LogP contribution in [0.5, 0.6) is 0 Å². The van der Waals surface area contributed by atoms with Gasteiger partial charge in [0.1, 0.15) is 0 Å². The first kappa shape index (κ1) is 14.9. The molecule has 2 aromatic rings. The van der Waals surface area contributed by atoms with Gasteiger partial charge in [0.15, 0.2) is 0 Å². The number of hydrogen-bond donors (Lipinski definition) is 1. The van der Waals surface area contributed by atoms with Crippen LogP contribution >= 0.6 is 23.4 Å². The largest absolute Gasteiger partial charge is 0.313 e. The highest BCUT2D eigenvalue weighted by Gasteiger charge is 2.30. The second-order valence-corrected chi connectivity index (χ2v) is 6.76. The number of aromatic nitrogens is 1. The average molecular weight is 319 g/mol. The molecular formula is C17H19ClN2S. The zero-order valence-electron chi connectivity index (χ0n) is 12.1. The fraction of sp³-hybridized carbons (Fsp3) is 0.353. The van der Waals surface area contributed by atoms with Crippen LogP contribution in [-0.2, 0) is 6.42 Å². The molecule has 2 unspecified atom stereocenters. The zero-order chi connectivity index (χ0) is 14.7. The highest BCUT2D eigenvalue weighted by atomic mass is 35.5. The molecule has 21 heavy (non-hydrogen) atoms. The summed E-state index contributed by atoms with van der Waals surface area (Å²) < 4.78 is 0. The summed E-state index contributed by atoms with van der Waals surface area (Å²) >= 11 is 8.24. The van der Waals surface area contributed by atoms with E-state index in [0.29, 0.717) is 12.0 Å². The Balaban J connectivity index is 1.84. The molecule has 110 valence electrons. The van der Waals surface area contributed by atoms with Crippen molar-refractivity contribution < 1.29 is 0 Å². The summed E-state index contributed by atoms with van der Waals surface area (Å²) in [7, 11) is 0. The number of hydrogen-bond acceptors (Lipinski definition) is 3. The first-order valence-electron chi connectivity index (χ1n) is 7.33. The molecule has 1 aromatic carbocycles. The van der Waals surface area contributed by atoms with Crippen molar-refractivity contribution in [3.05, 3.63) is 58.9 Å². The summed E-state index contributed by atoms with van der Waals surface area (Å²) in [5.74, 6) is 1.68. The molecule has 0 amide bonds. The average Bonchev–Trinajstić information content (AvgIpc) is 2.93. The van der Waals surface area contributed by atoms with Gasteiger partial charge in [0, 0.05) is 35.0 Å². The Labute approximate surface area is 135 Å². The molecule has 4 heteroatoms. The van der Waals surface area contributed by atoms with Crippen LogP contribution in [0.2, 0.25) is 5.02 Å². The minimum Gasteiger partial charge on any atom is -0.313 e. The number of benzene rings is 1. The molecule has 2 nitrogen and oxygen atoms in total. The van der Waals surface area contributed by atoms with E-state index in [2.05, 4.69) is 41.5 Å². The third kappa shape index (κ3) is 3.25. The van der Waals surface area contributed by atoms with E-state index in [1.165, 1.54) is 16.0 Å². The van der Waals surface area contributed by atoms with Crippen LogP contribution < -0.4 is 5.32 Å². The lowest BCUT2D eigenvalue weighted by atomic mass is 9.89. The van der Waals surface area contributed by atoms with Crippen LogP contribution in [0.4, 0.5) is 0 Å². The predicted molar refractivity (Wildman–Crippen MR) is 90.3 cm³/mol. The van der Waals surface area contributed by atoms with Crippen molar-refractivity contribution in [2.24, 2.45) is 0 Å². The van der Waals surface area contributed by atoms with Crippen molar-refractivity contribution >= 4 is 23.4 Å². The Morgan fingerprint density at radius 1 is 1.38 bits per heavy atom. The van der Waals surface area contributed by atoms with Crippen LogP contribution in [0, 0.1) is 0 Å². The molecule has 0 radical (unpaired) electrons. The lowest BCUT2D eigenvalue weighted by Gasteiger charge is -2.25. The van der Waals surface area contributed by atoms with Crippen molar-refractivity contribution in [1.29, 1.82) is 0 Å². The number of pyridine rings is 1. The van der Waals surface area contributed by atoms with E-state index in [9.17, 15) is 0 Å². The SMILES string of the molecule is CCNC(Cc1ccncc1Cl)C1CSc2ccccc21. The van der Waals surface area contributed by atoms with E-state index < -0.39 is 0 Å². The van der Waals surface area contributed by atoms with Gasteiger partial charge in [-0.05, 0) is 36.2 Å². The minimum absolute atomic E-state index is 0.408. The Hall–Kier alpha value is -1.03. The Morgan fingerprint density at radius 3 is 3.05 bits per heavy atom. The second-order valence-electron chi connectivity index (χ2n) is 5.29. The number of halogens is 1. The predicted octanol–water partition coefficient (Wildman–Crippen LogP) is 4.15. The molecular weight excluding hydrogens is 300 g/mol. The van der Waals surface area contributed by atoms with Gasteiger partial charge in [0.2, 0.25) is 0 Å². The van der Waals surface area contributed by atoms with Gasteiger partial charge in [0.05, 0.1) is 5.02 Å². The van der Waals surface area contributed by atoms with E-state index in [1.54, 1.807) is 6.20 Å². The van der Waals surface area contributed by atoms with Crippen molar-refractivity contribution in [1.82, 2.24) is 10.3 Å². The number of thioether (sulfide) groups is 1. The van der Waals surface area contributed by atoms with Crippen LogP contribution in [0.15, 0.2) is 47.6 Å². The summed E-state index contributed by atoms with van der Waals surface area (Å²) in [6.07, 6.45) is 4.49. The maximum absolute atomic E-state index is 6.28. The molecule has 0 spiro atoms. The third-order valence-corrected chi connectivity index (χ3v) is 5.53. The molecule has 0 saturated heterocycles. The molecule has 0 aliphatic carbocycles. The van der Waals surface area contributed by atoms with E-state index in [-0.39, 0.29) is 0 Å². The van der Waals surface area contributed by atoms with Crippen LogP contribution in [0.1, 0.15) is 24.0 Å². The van der Waals surface area contributed by atoms with Crippen LogP contribution in [0.25, 0.3) is 0 Å². The minimum atomic E-state index is 0.408. The van der Waals surface area contributed by atoms with Crippen molar-refractivity contribution in [3.8, 4) is 0 Å². The van der Waals surface area contributed by atoms with Gasteiger partial charge in [-0.3, -0.25) is 4.98 Å². The first-order valence-corrected chi connectivity index (χ1v) is 8.69. The Bertz CT molecular complexity index is 617. The molecule has 0 fully saturated rings. The molecule has 1 aliphatic heterocycles. The normalized spacial score (nSPS) is 18.5. The summed E-state index contributed by atoms with van der Waals surface area (Å²) in [5, 5.41) is 4.41. The molecule has 1 aliphatic rings. The monoisotopic (exact) mass is 318 g/mol. The highest BCUT2D eigenvalue weighted by Crippen LogP contribution is 2.41. The summed E-state index contributed by atoms with van der Waals surface area (Å²) in [6.45, 7) is 3.13. The second kappa shape index (κ2) is 6.82. The van der Waals surface area contributed by atoms with E-state index >= 15 is 0 Å². The van der Waals surface area contributed by atoms with Crippen molar-refractivity contribution in [2.45, 2.75) is 30.2 Å². The Morgan fingerprint density at radius 2 is 2.24 bits per heavy atom. The quantitative estimate of drug-likeness (QED) is 0.896. The molecule has 3 rings (SSSR count). The van der Waals surface area contributed by atoms with Gasteiger partial charge in [-0.1, -0.05) is 36.7 Å². The standard InChI is InChI=1S/C17H19ClN2S/c1-2-20-16(9-12-7-8-19-10-15(12)18)14-11-21-17-6-4-3-5-13(14)17/h3-8,10,14,16,20H,2,9,11H2,1H3. The number of nitrogens with zero attached hydrogens (tertiary/aromatic N) is 1. The lowest BCUT2D eigenvalue weighted by molar-refractivity contribution is 0.463. The third-order valence-electron chi connectivity index (χ3n) is 3.99. The van der Waals surface area contributed by atoms with Gasteiger partial charge in [0.25, 0.3) is 0 Å². The van der Waals surface area contributed by atoms with E-state index in [1.807, 2.05) is 24.0 Å². The van der Waals surface area contributed by atoms with Gasteiger partial charge in [-0.2, -0.15) is 0 Å². The smallest absolute Gasteiger partial charge is 0.0621 e. The molecule has 1 aromatic heterocycles. The van der Waals surface area contributed by atoms with Crippen LogP contribution in [-0.4, -0.2) is 23.3 Å². The maximum Gasteiger partial charge on any atom is 0.0621 e. The Kier molecular flexibility index (Phi) is 4.84. The van der Waals surface area contributed by atoms with Gasteiger partial charge in [-0.25, -0.2) is 0 Å².